The van der Waals surface area contributed by atoms with Crippen molar-refractivity contribution in [3.05, 3.63) is 33.9 Å². The summed E-state index contributed by atoms with van der Waals surface area (Å²) in [5, 5.41) is 17.0. The first-order valence-corrected chi connectivity index (χ1v) is 6.96. The summed E-state index contributed by atoms with van der Waals surface area (Å²) in [4.78, 5) is 22.5. The molecule has 1 saturated heterocycles. The third kappa shape index (κ3) is 3.91. The van der Waals surface area contributed by atoms with Crippen molar-refractivity contribution in [3.8, 4) is 5.75 Å². The SMILES string of the molecule is COc1cc([N+](=O)[O-])ccc1C(=O)NC1CCCNCC1. The van der Waals surface area contributed by atoms with E-state index in [0.29, 0.717) is 5.56 Å². The highest BCUT2D eigenvalue weighted by Crippen LogP contribution is 2.24. The number of nitro benzene ring substituents is 1. The highest BCUT2D eigenvalue weighted by molar-refractivity contribution is 5.97. The number of nitro groups is 1. The Morgan fingerprint density at radius 2 is 2.24 bits per heavy atom. The minimum Gasteiger partial charge on any atom is -0.496 e. The fraction of sp³-hybridized carbons (Fsp3) is 0.500. The molecule has 7 heteroatoms. The van der Waals surface area contributed by atoms with E-state index in [9.17, 15) is 14.9 Å². The molecular formula is C14H19N3O4. The number of carbonyl (C=O) groups excluding carboxylic acids is 1. The minimum absolute atomic E-state index is 0.0953. The van der Waals surface area contributed by atoms with Gasteiger partial charge in [-0.05, 0) is 38.4 Å². The van der Waals surface area contributed by atoms with Gasteiger partial charge in [0.05, 0.1) is 23.7 Å². The van der Waals surface area contributed by atoms with E-state index in [1.54, 1.807) is 0 Å². The van der Waals surface area contributed by atoms with Crippen LogP contribution in [0.4, 0.5) is 5.69 Å². The first-order valence-electron chi connectivity index (χ1n) is 6.96. The van der Waals surface area contributed by atoms with Crippen LogP contribution >= 0.6 is 0 Å². The predicted octanol–water partition coefficient (Wildman–Crippen LogP) is 1.48. The molecule has 1 atom stereocenters. The number of non-ortho nitro benzene ring substituents is 1. The Balaban J connectivity index is 2.12. The van der Waals surface area contributed by atoms with Crippen LogP contribution in [0.1, 0.15) is 29.6 Å². The van der Waals surface area contributed by atoms with Crippen LogP contribution in [0, 0.1) is 10.1 Å². The van der Waals surface area contributed by atoms with Crippen molar-refractivity contribution in [1.82, 2.24) is 10.6 Å². The van der Waals surface area contributed by atoms with Gasteiger partial charge in [-0.1, -0.05) is 0 Å². The van der Waals surface area contributed by atoms with Crippen LogP contribution < -0.4 is 15.4 Å². The number of nitrogens with one attached hydrogen (secondary N) is 2. The Kier molecular flexibility index (Phi) is 5.10. The van der Waals surface area contributed by atoms with Crippen molar-refractivity contribution < 1.29 is 14.5 Å². The zero-order chi connectivity index (χ0) is 15.2. The second-order valence-corrected chi connectivity index (χ2v) is 4.99. The molecule has 2 rings (SSSR count). The number of nitrogens with zero attached hydrogens (tertiary/aromatic N) is 1. The van der Waals surface area contributed by atoms with Crippen molar-refractivity contribution in [3.63, 3.8) is 0 Å². The molecule has 0 bridgehead atoms. The minimum atomic E-state index is -0.513. The fourth-order valence-electron chi connectivity index (χ4n) is 2.41. The van der Waals surface area contributed by atoms with Gasteiger partial charge < -0.3 is 15.4 Å². The molecular weight excluding hydrogens is 274 g/mol. The fourth-order valence-corrected chi connectivity index (χ4v) is 2.41. The summed E-state index contributed by atoms with van der Waals surface area (Å²) < 4.78 is 5.09. The van der Waals surface area contributed by atoms with E-state index in [1.807, 2.05) is 0 Å². The van der Waals surface area contributed by atoms with Gasteiger partial charge >= 0.3 is 0 Å². The highest BCUT2D eigenvalue weighted by Gasteiger charge is 2.20. The highest BCUT2D eigenvalue weighted by atomic mass is 16.6. The van der Waals surface area contributed by atoms with E-state index in [0.717, 1.165) is 32.4 Å². The van der Waals surface area contributed by atoms with Crippen LogP contribution in [-0.2, 0) is 0 Å². The van der Waals surface area contributed by atoms with E-state index in [4.69, 9.17) is 4.74 Å². The summed E-state index contributed by atoms with van der Waals surface area (Å²) in [5.74, 6) is -0.0397. The van der Waals surface area contributed by atoms with Crippen LogP contribution in [0.25, 0.3) is 0 Å². The third-order valence-corrected chi connectivity index (χ3v) is 3.55. The molecule has 1 unspecified atom stereocenters. The van der Waals surface area contributed by atoms with Gasteiger partial charge in [0.2, 0.25) is 0 Å². The molecule has 0 spiro atoms. The lowest BCUT2D eigenvalue weighted by atomic mass is 10.1. The topological polar surface area (TPSA) is 93.5 Å². The lowest BCUT2D eigenvalue weighted by Gasteiger charge is -2.17. The Bertz CT molecular complexity index is 525. The number of hydrogen-bond donors (Lipinski definition) is 2. The Morgan fingerprint density at radius 3 is 2.95 bits per heavy atom. The average molecular weight is 293 g/mol. The zero-order valence-electron chi connectivity index (χ0n) is 11.9. The molecule has 1 aliphatic rings. The smallest absolute Gasteiger partial charge is 0.273 e. The quantitative estimate of drug-likeness (QED) is 0.647. The number of amides is 1. The lowest BCUT2D eigenvalue weighted by molar-refractivity contribution is -0.384. The van der Waals surface area contributed by atoms with Crippen molar-refractivity contribution >= 4 is 11.6 Å². The van der Waals surface area contributed by atoms with Crippen LogP contribution in [0.3, 0.4) is 0 Å². The number of rotatable bonds is 4. The molecule has 0 aliphatic carbocycles. The van der Waals surface area contributed by atoms with Gasteiger partial charge in [0.15, 0.2) is 0 Å². The number of carbonyl (C=O) groups is 1. The van der Waals surface area contributed by atoms with Crippen LogP contribution in [0.2, 0.25) is 0 Å². The van der Waals surface area contributed by atoms with Crippen molar-refractivity contribution in [2.45, 2.75) is 25.3 Å². The molecule has 1 amide bonds. The van der Waals surface area contributed by atoms with Gasteiger partial charge in [0.25, 0.3) is 11.6 Å². The monoisotopic (exact) mass is 293 g/mol. The summed E-state index contributed by atoms with van der Waals surface area (Å²) in [6.07, 6.45) is 2.82. The second kappa shape index (κ2) is 7.03. The molecule has 0 saturated carbocycles. The van der Waals surface area contributed by atoms with Crippen LogP contribution in [0.5, 0.6) is 5.75 Å². The van der Waals surface area contributed by atoms with Gasteiger partial charge in [-0.25, -0.2) is 0 Å². The summed E-state index contributed by atoms with van der Waals surface area (Å²) in [6.45, 7) is 1.84. The van der Waals surface area contributed by atoms with E-state index >= 15 is 0 Å². The van der Waals surface area contributed by atoms with E-state index in [1.165, 1.54) is 25.3 Å². The van der Waals surface area contributed by atoms with E-state index in [-0.39, 0.29) is 23.4 Å². The summed E-state index contributed by atoms with van der Waals surface area (Å²) in [6, 6.07) is 4.13. The first kappa shape index (κ1) is 15.2. The van der Waals surface area contributed by atoms with Crippen molar-refractivity contribution in [2.75, 3.05) is 20.2 Å². The Labute approximate surface area is 122 Å². The maximum atomic E-state index is 12.3. The Morgan fingerprint density at radius 1 is 1.43 bits per heavy atom. The molecule has 7 nitrogen and oxygen atoms in total. The first-order chi connectivity index (χ1) is 10.1. The van der Waals surface area contributed by atoms with E-state index < -0.39 is 4.92 Å². The van der Waals surface area contributed by atoms with Crippen LogP contribution in [0.15, 0.2) is 18.2 Å². The van der Waals surface area contributed by atoms with Crippen molar-refractivity contribution in [2.24, 2.45) is 0 Å². The lowest BCUT2D eigenvalue weighted by Crippen LogP contribution is -2.35. The molecule has 1 aliphatic heterocycles. The Hall–Kier alpha value is -2.15. The largest absolute Gasteiger partial charge is 0.496 e. The standard InChI is InChI=1S/C14H19N3O4/c1-21-13-9-11(17(19)20)4-5-12(13)14(18)16-10-3-2-7-15-8-6-10/h4-5,9-10,15H,2-3,6-8H2,1H3,(H,16,18). The molecule has 1 heterocycles. The molecule has 2 N–H and O–H groups in total. The summed E-state index contributed by atoms with van der Waals surface area (Å²) in [5.41, 5.74) is 0.224. The van der Waals surface area contributed by atoms with Gasteiger partial charge in [-0.3, -0.25) is 14.9 Å². The average Bonchev–Trinajstić information content (AvgIpc) is 2.75. The zero-order valence-corrected chi connectivity index (χ0v) is 11.9. The van der Waals surface area contributed by atoms with E-state index in [2.05, 4.69) is 10.6 Å². The maximum Gasteiger partial charge on any atom is 0.273 e. The van der Waals surface area contributed by atoms with Gasteiger partial charge in [0.1, 0.15) is 5.75 Å². The second-order valence-electron chi connectivity index (χ2n) is 4.99. The summed E-state index contributed by atoms with van der Waals surface area (Å²) >= 11 is 0. The van der Waals surface area contributed by atoms with Gasteiger partial charge in [0, 0.05) is 12.1 Å². The predicted molar refractivity (Wildman–Crippen MR) is 77.6 cm³/mol. The number of ether oxygens (including phenoxy) is 1. The summed E-state index contributed by atoms with van der Waals surface area (Å²) in [7, 11) is 1.39. The normalized spacial score (nSPS) is 18.6. The van der Waals surface area contributed by atoms with Gasteiger partial charge in [-0.2, -0.15) is 0 Å². The molecule has 1 aromatic carbocycles. The molecule has 114 valence electrons. The van der Waals surface area contributed by atoms with Crippen LogP contribution in [-0.4, -0.2) is 37.1 Å². The number of benzene rings is 1. The molecule has 0 radical (unpaired) electrons. The molecule has 21 heavy (non-hydrogen) atoms. The number of methoxy groups -OCH3 is 1. The van der Waals surface area contributed by atoms with Gasteiger partial charge in [-0.15, -0.1) is 0 Å². The van der Waals surface area contributed by atoms with Crippen molar-refractivity contribution in [1.29, 1.82) is 0 Å². The molecule has 0 aromatic heterocycles. The molecule has 1 aromatic rings. The maximum absolute atomic E-state index is 12.3. The number of hydrogen-bond acceptors (Lipinski definition) is 5. The third-order valence-electron chi connectivity index (χ3n) is 3.55. The molecule has 1 fully saturated rings.